The lowest BCUT2D eigenvalue weighted by Crippen LogP contribution is -2.32. The smallest absolute Gasteiger partial charge is 0.307 e. The van der Waals surface area contributed by atoms with Gasteiger partial charge in [0.25, 0.3) is 0 Å². The summed E-state index contributed by atoms with van der Waals surface area (Å²) in [5.74, 6) is 0.282. The molecule has 1 aromatic rings. The van der Waals surface area contributed by atoms with Crippen LogP contribution in [0.4, 0.5) is 0 Å². The van der Waals surface area contributed by atoms with Crippen LogP contribution in [0.15, 0.2) is 18.2 Å². The molecule has 2 atom stereocenters. The molecule has 6 heteroatoms. The number of hydrogen-bond donors (Lipinski definition) is 2. The van der Waals surface area contributed by atoms with Gasteiger partial charge in [-0.05, 0) is 30.7 Å². The van der Waals surface area contributed by atoms with Gasteiger partial charge in [-0.2, -0.15) is 0 Å². The zero-order valence-electron chi connectivity index (χ0n) is 12.4. The Morgan fingerprint density at radius 3 is 2.67 bits per heavy atom. The second-order valence-electron chi connectivity index (χ2n) is 5.18. The zero-order valence-corrected chi connectivity index (χ0v) is 12.4. The predicted octanol–water partition coefficient (Wildman–Crippen LogP) is 1.11. The molecule has 1 fully saturated rings. The molecule has 1 saturated heterocycles. The minimum absolute atomic E-state index is 0.00541. The van der Waals surface area contributed by atoms with Crippen LogP contribution in [0.3, 0.4) is 0 Å². The molecule has 3 N–H and O–H groups in total. The summed E-state index contributed by atoms with van der Waals surface area (Å²) in [7, 11) is 3.19. The molecule has 1 aliphatic heterocycles. The molecule has 1 aliphatic rings. The quantitative estimate of drug-likeness (QED) is 0.817. The summed E-state index contributed by atoms with van der Waals surface area (Å²) < 4.78 is 10.5. The van der Waals surface area contributed by atoms with Gasteiger partial charge in [0.1, 0.15) is 0 Å². The molecular weight excluding hydrogens is 272 g/mol. The van der Waals surface area contributed by atoms with Crippen molar-refractivity contribution in [3.05, 3.63) is 23.8 Å². The van der Waals surface area contributed by atoms with Crippen molar-refractivity contribution in [3.63, 3.8) is 0 Å². The van der Waals surface area contributed by atoms with Gasteiger partial charge in [-0.3, -0.25) is 9.69 Å². The summed E-state index contributed by atoms with van der Waals surface area (Å²) in [6, 6.07) is 5.70. The summed E-state index contributed by atoms with van der Waals surface area (Å²) in [5.41, 5.74) is 6.92. The number of carbonyl (C=O) groups is 1. The molecule has 0 unspecified atom stereocenters. The van der Waals surface area contributed by atoms with E-state index < -0.39 is 5.97 Å². The Labute approximate surface area is 124 Å². The SMILES string of the molecule is COc1ccc([C@H](CN)N2CC[C@H](C(=O)O)C2)cc1OC. The van der Waals surface area contributed by atoms with Gasteiger partial charge < -0.3 is 20.3 Å². The molecule has 1 heterocycles. The highest BCUT2D eigenvalue weighted by Crippen LogP contribution is 2.33. The van der Waals surface area contributed by atoms with Gasteiger partial charge in [-0.25, -0.2) is 0 Å². The average Bonchev–Trinajstić information content (AvgIpc) is 2.97. The second kappa shape index (κ2) is 6.78. The first-order valence-corrected chi connectivity index (χ1v) is 6.99. The Morgan fingerprint density at radius 1 is 1.43 bits per heavy atom. The van der Waals surface area contributed by atoms with E-state index in [-0.39, 0.29) is 12.0 Å². The van der Waals surface area contributed by atoms with E-state index >= 15 is 0 Å². The van der Waals surface area contributed by atoms with Gasteiger partial charge in [-0.1, -0.05) is 6.07 Å². The molecule has 0 spiro atoms. The highest BCUT2D eigenvalue weighted by molar-refractivity contribution is 5.70. The monoisotopic (exact) mass is 294 g/mol. The van der Waals surface area contributed by atoms with Gasteiger partial charge in [0.15, 0.2) is 11.5 Å². The number of aliphatic carboxylic acids is 1. The molecule has 0 saturated carbocycles. The number of likely N-dealkylation sites (tertiary alicyclic amines) is 1. The van der Waals surface area contributed by atoms with Crippen LogP contribution in [0, 0.1) is 5.92 Å². The Balaban J connectivity index is 2.20. The standard InChI is InChI=1S/C15H22N2O4/c1-20-13-4-3-10(7-14(13)21-2)12(8-16)17-6-5-11(9-17)15(18)19/h3-4,7,11-12H,5-6,8-9,16H2,1-2H3,(H,18,19)/t11-,12-/m0/s1. The molecule has 116 valence electrons. The van der Waals surface area contributed by atoms with Crippen LogP contribution in [-0.4, -0.2) is 49.8 Å². The third-order valence-corrected chi connectivity index (χ3v) is 4.03. The van der Waals surface area contributed by atoms with E-state index in [9.17, 15) is 4.79 Å². The first kappa shape index (κ1) is 15.6. The number of hydrogen-bond acceptors (Lipinski definition) is 5. The largest absolute Gasteiger partial charge is 0.493 e. The van der Waals surface area contributed by atoms with Crippen LogP contribution in [0.25, 0.3) is 0 Å². The average molecular weight is 294 g/mol. The van der Waals surface area contributed by atoms with E-state index in [0.717, 1.165) is 12.1 Å². The van der Waals surface area contributed by atoms with Crippen molar-refractivity contribution in [1.82, 2.24) is 4.90 Å². The highest BCUT2D eigenvalue weighted by atomic mass is 16.5. The van der Waals surface area contributed by atoms with Crippen LogP contribution in [-0.2, 0) is 4.79 Å². The van der Waals surface area contributed by atoms with Crippen molar-refractivity contribution in [2.75, 3.05) is 33.9 Å². The van der Waals surface area contributed by atoms with Gasteiger partial charge in [-0.15, -0.1) is 0 Å². The summed E-state index contributed by atoms with van der Waals surface area (Å²) in [6.45, 7) is 1.71. The Morgan fingerprint density at radius 2 is 2.14 bits per heavy atom. The third-order valence-electron chi connectivity index (χ3n) is 4.03. The van der Waals surface area contributed by atoms with E-state index in [2.05, 4.69) is 4.90 Å². The minimum Gasteiger partial charge on any atom is -0.493 e. The Hall–Kier alpha value is -1.79. The van der Waals surface area contributed by atoms with E-state index in [1.807, 2.05) is 18.2 Å². The molecule has 0 amide bonds. The predicted molar refractivity (Wildman–Crippen MR) is 78.7 cm³/mol. The second-order valence-corrected chi connectivity index (χ2v) is 5.18. The number of benzene rings is 1. The van der Waals surface area contributed by atoms with Crippen molar-refractivity contribution >= 4 is 5.97 Å². The molecule has 2 rings (SSSR count). The Kier molecular flexibility index (Phi) is 5.03. The number of carboxylic acid groups (broad SMARTS) is 1. The molecule has 1 aromatic carbocycles. The maximum Gasteiger partial charge on any atom is 0.307 e. The molecule has 0 bridgehead atoms. The zero-order chi connectivity index (χ0) is 15.4. The van der Waals surface area contributed by atoms with Gasteiger partial charge in [0.2, 0.25) is 0 Å². The fourth-order valence-electron chi connectivity index (χ4n) is 2.83. The molecule has 0 aromatic heterocycles. The number of methoxy groups -OCH3 is 2. The highest BCUT2D eigenvalue weighted by Gasteiger charge is 2.32. The van der Waals surface area contributed by atoms with Crippen molar-refractivity contribution in [1.29, 1.82) is 0 Å². The van der Waals surface area contributed by atoms with E-state index in [1.165, 1.54) is 0 Å². The van der Waals surface area contributed by atoms with Gasteiger partial charge in [0.05, 0.1) is 20.1 Å². The fraction of sp³-hybridized carbons (Fsp3) is 0.533. The number of nitrogens with two attached hydrogens (primary N) is 1. The van der Waals surface area contributed by atoms with Gasteiger partial charge in [0, 0.05) is 19.1 Å². The molecule has 0 aliphatic carbocycles. The Bertz CT molecular complexity index is 506. The van der Waals surface area contributed by atoms with E-state index in [4.69, 9.17) is 20.3 Å². The molecular formula is C15H22N2O4. The maximum atomic E-state index is 11.1. The molecule has 6 nitrogen and oxygen atoms in total. The number of carboxylic acids is 1. The third kappa shape index (κ3) is 3.28. The fourth-order valence-corrected chi connectivity index (χ4v) is 2.83. The minimum atomic E-state index is -0.736. The number of ether oxygens (including phenoxy) is 2. The lowest BCUT2D eigenvalue weighted by molar-refractivity contribution is -0.141. The van der Waals surface area contributed by atoms with Crippen molar-refractivity contribution in [3.8, 4) is 11.5 Å². The molecule has 0 radical (unpaired) electrons. The van der Waals surface area contributed by atoms with Crippen LogP contribution in [0.1, 0.15) is 18.0 Å². The maximum absolute atomic E-state index is 11.1. The summed E-state index contributed by atoms with van der Waals surface area (Å²) in [4.78, 5) is 13.2. The lowest BCUT2D eigenvalue weighted by Gasteiger charge is -2.27. The molecule has 21 heavy (non-hydrogen) atoms. The normalized spacial score (nSPS) is 20.2. The summed E-state index contributed by atoms with van der Waals surface area (Å²) in [5, 5.41) is 9.11. The van der Waals surface area contributed by atoms with Crippen LogP contribution in [0.5, 0.6) is 11.5 Å². The van der Waals surface area contributed by atoms with E-state index in [0.29, 0.717) is 31.0 Å². The number of nitrogens with zero attached hydrogens (tertiary/aromatic N) is 1. The van der Waals surface area contributed by atoms with Gasteiger partial charge >= 0.3 is 5.97 Å². The van der Waals surface area contributed by atoms with Crippen molar-refractivity contribution in [2.24, 2.45) is 11.7 Å². The topological polar surface area (TPSA) is 85.0 Å². The van der Waals surface area contributed by atoms with Crippen molar-refractivity contribution in [2.45, 2.75) is 12.5 Å². The van der Waals surface area contributed by atoms with Crippen LogP contribution >= 0.6 is 0 Å². The van der Waals surface area contributed by atoms with Crippen LogP contribution in [0.2, 0.25) is 0 Å². The summed E-state index contributed by atoms with van der Waals surface area (Å²) in [6.07, 6.45) is 0.666. The first-order valence-electron chi connectivity index (χ1n) is 6.99. The van der Waals surface area contributed by atoms with Crippen LogP contribution < -0.4 is 15.2 Å². The number of rotatable bonds is 6. The van der Waals surface area contributed by atoms with E-state index in [1.54, 1.807) is 14.2 Å². The lowest BCUT2D eigenvalue weighted by atomic mass is 10.0. The van der Waals surface area contributed by atoms with Crippen molar-refractivity contribution < 1.29 is 19.4 Å². The summed E-state index contributed by atoms with van der Waals surface area (Å²) >= 11 is 0. The first-order chi connectivity index (χ1) is 10.1.